The molecular formula is C15H12ClN3O3S2. The standard InChI is InChI=1S/C15H12ClN3O3S2/c16-12-2-1-11(24-12)10-8-23-15-17-7-9(14(21)19(10)15)13(20)18-3-5-22-6-4-18/h1-2,7-8H,3-6H2. The van der Waals surface area contributed by atoms with Gasteiger partial charge >= 0.3 is 0 Å². The monoisotopic (exact) mass is 381 g/mol. The molecule has 0 aromatic carbocycles. The highest BCUT2D eigenvalue weighted by atomic mass is 35.5. The maximum Gasteiger partial charge on any atom is 0.271 e. The van der Waals surface area contributed by atoms with E-state index in [1.165, 1.54) is 33.3 Å². The fraction of sp³-hybridized carbons (Fsp3) is 0.267. The second kappa shape index (κ2) is 6.29. The Hall–Kier alpha value is -1.74. The fourth-order valence-corrected chi connectivity index (χ4v) is 4.57. The first-order valence-electron chi connectivity index (χ1n) is 7.27. The van der Waals surface area contributed by atoms with Gasteiger partial charge in [0.25, 0.3) is 11.5 Å². The number of morpholine rings is 1. The molecule has 1 fully saturated rings. The van der Waals surface area contributed by atoms with Gasteiger partial charge in [-0.2, -0.15) is 0 Å². The number of thiazole rings is 1. The number of ether oxygens (including phenoxy) is 1. The van der Waals surface area contributed by atoms with Crippen molar-refractivity contribution in [3.63, 3.8) is 0 Å². The molecule has 0 spiro atoms. The van der Waals surface area contributed by atoms with E-state index in [2.05, 4.69) is 4.98 Å². The lowest BCUT2D eigenvalue weighted by Crippen LogP contribution is -2.43. The van der Waals surface area contributed by atoms with Crippen LogP contribution in [0.25, 0.3) is 15.5 Å². The molecule has 1 amide bonds. The first-order valence-corrected chi connectivity index (χ1v) is 9.34. The largest absolute Gasteiger partial charge is 0.378 e. The minimum absolute atomic E-state index is 0.0803. The van der Waals surface area contributed by atoms with Crippen LogP contribution in [0.4, 0.5) is 0 Å². The maximum atomic E-state index is 12.9. The lowest BCUT2D eigenvalue weighted by molar-refractivity contribution is 0.0301. The number of amides is 1. The third-order valence-corrected chi connectivity index (χ3v) is 5.89. The van der Waals surface area contributed by atoms with Gasteiger partial charge in [0.05, 0.1) is 28.1 Å². The SMILES string of the molecule is O=C(c1cnc2scc(-c3ccc(Cl)s3)n2c1=O)N1CCOCC1. The molecule has 6 nitrogen and oxygen atoms in total. The number of fused-ring (bicyclic) bond motifs is 1. The summed E-state index contributed by atoms with van der Waals surface area (Å²) >= 11 is 8.74. The maximum absolute atomic E-state index is 12.9. The van der Waals surface area contributed by atoms with Gasteiger partial charge in [-0.25, -0.2) is 9.38 Å². The number of carbonyl (C=O) groups is 1. The third-order valence-electron chi connectivity index (χ3n) is 3.80. The van der Waals surface area contributed by atoms with Crippen LogP contribution < -0.4 is 5.56 Å². The van der Waals surface area contributed by atoms with Gasteiger partial charge in [0, 0.05) is 24.7 Å². The minimum atomic E-state index is -0.350. The fourth-order valence-electron chi connectivity index (χ4n) is 2.60. The summed E-state index contributed by atoms with van der Waals surface area (Å²) in [6, 6.07) is 3.64. The van der Waals surface area contributed by atoms with Crippen molar-refractivity contribution < 1.29 is 9.53 Å². The molecule has 0 N–H and O–H groups in total. The number of aromatic nitrogens is 2. The molecule has 0 radical (unpaired) electrons. The normalized spacial score (nSPS) is 15.1. The number of carbonyl (C=O) groups excluding carboxylic acids is 1. The highest BCUT2D eigenvalue weighted by Crippen LogP contribution is 2.32. The molecule has 124 valence electrons. The summed E-state index contributed by atoms with van der Waals surface area (Å²) < 4.78 is 7.38. The Morgan fingerprint density at radius 2 is 2.08 bits per heavy atom. The summed E-state index contributed by atoms with van der Waals surface area (Å²) in [7, 11) is 0. The van der Waals surface area contributed by atoms with Crippen molar-refractivity contribution in [1.82, 2.24) is 14.3 Å². The van der Waals surface area contributed by atoms with Crippen LogP contribution in [0.5, 0.6) is 0 Å². The summed E-state index contributed by atoms with van der Waals surface area (Å²) in [5.74, 6) is -0.299. The van der Waals surface area contributed by atoms with Crippen LogP contribution >= 0.6 is 34.3 Å². The van der Waals surface area contributed by atoms with Crippen LogP contribution in [-0.4, -0.2) is 46.5 Å². The zero-order chi connectivity index (χ0) is 16.7. The Morgan fingerprint density at radius 1 is 1.29 bits per heavy atom. The van der Waals surface area contributed by atoms with Crippen LogP contribution in [-0.2, 0) is 4.74 Å². The molecule has 4 heterocycles. The first-order chi connectivity index (χ1) is 11.6. The van der Waals surface area contributed by atoms with Crippen LogP contribution in [0.2, 0.25) is 4.34 Å². The number of halogens is 1. The zero-order valence-corrected chi connectivity index (χ0v) is 14.8. The van der Waals surface area contributed by atoms with Crippen molar-refractivity contribution in [2.75, 3.05) is 26.3 Å². The van der Waals surface area contributed by atoms with Gasteiger partial charge in [-0.15, -0.1) is 22.7 Å². The van der Waals surface area contributed by atoms with Gasteiger partial charge in [-0.3, -0.25) is 9.59 Å². The first kappa shape index (κ1) is 15.8. The number of hydrogen-bond acceptors (Lipinski definition) is 6. The smallest absolute Gasteiger partial charge is 0.271 e. The van der Waals surface area contributed by atoms with E-state index < -0.39 is 0 Å². The summed E-state index contributed by atoms with van der Waals surface area (Å²) in [6.45, 7) is 1.94. The Balaban J connectivity index is 1.82. The number of nitrogens with zero attached hydrogens (tertiary/aromatic N) is 3. The van der Waals surface area contributed by atoms with E-state index in [1.807, 2.05) is 11.4 Å². The van der Waals surface area contributed by atoms with E-state index in [4.69, 9.17) is 16.3 Å². The van der Waals surface area contributed by atoms with Gasteiger partial charge < -0.3 is 9.64 Å². The molecule has 0 bridgehead atoms. The lowest BCUT2D eigenvalue weighted by atomic mass is 10.2. The number of thiophene rings is 1. The molecule has 4 rings (SSSR count). The lowest BCUT2D eigenvalue weighted by Gasteiger charge is -2.26. The number of hydrogen-bond donors (Lipinski definition) is 0. The van der Waals surface area contributed by atoms with E-state index in [0.29, 0.717) is 41.3 Å². The van der Waals surface area contributed by atoms with Gasteiger partial charge in [0.2, 0.25) is 0 Å². The topological polar surface area (TPSA) is 63.9 Å². The van der Waals surface area contributed by atoms with Gasteiger partial charge in [0.1, 0.15) is 5.56 Å². The Labute approximate surface area is 149 Å². The number of rotatable bonds is 2. The second-order valence-corrected chi connectivity index (χ2v) is 7.78. The van der Waals surface area contributed by atoms with Crippen molar-refractivity contribution in [3.05, 3.63) is 44.0 Å². The van der Waals surface area contributed by atoms with Crippen LogP contribution in [0.3, 0.4) is 0 Å². The molecule has 0 atom stereocenters. The van der Waals surface area contributed by atoms with Gasteiger partial charge in [-0.05, 0) is 12.1 Å². The summed E-state index contributed by atoms with van der Waals surface area (Å²) in [4.78, 5) is 32.9. The van der Waals surface area contributed by atoms with E-state index >= 15 is 0 Å². The van der Waals surface area contributed by atoms with Crippen molar-refractivity contribution in [2.45, 2.75) is 0 Å². The molecule has 9 heteroatoms. The predicted octanol–water partition coefficient (Wildman–Crippen LogP) is 2.61. The van der Waals surface area contributed by atoms with Gasteiger partial charge in [0.15, 0.2) is 4.96 Å². The molecule has 1 saturated heterocycles. The molecule has 1 aliphatic heterocycles. The van der Waals surface area contributed by atoms with E-state index in [-0.39, 0.29) is 17.0 Å². The Bertz CT molecular complexity index is 972. The van der Waals surface area contributed by atoms with E-state index in [0.717, 1.165) is 4.88 Å². The molecule has 24 heavy (non-hydrogen) atoms. The average Bonchev–Trinajstić information content (AvgIpc) is 3.22. The van der Waals surface area contributed by atoms with Crippen molar-refractivity contribution in [2.24, 2.45) is 0 Å². The van der Waals surface area contributed by atoms with Crippen LogP contribution in [0, 0.1) is 0 Å². The van der Waals surface area contributed by atoms with Crippen molar-refractivity contribution in [1.29, 1.82) is 0 Å². The third kappa shape index (κ3) is 2.65. The quantitative estimate of drug-likeness (QED) is 0.684. The van der Waals surface area contributed by atoms with Crippen molar-refractivity contribution in [3.8, 4) is 10.6 Å². The highest BCUT2D eigenvalue weighted by Gasteiger charge is 2.23. The second-order valence-electron chi connectivity index (χ2n) is 5.22. The molecule has 0 unspecified atom stereocenters. The summed E-state index contributed by atoms with van der Waals surface area (Å²) in [5.41, 5.74) is 0.440. The van der Waals surface area contributed by atoms with Crippen molar-refractivity contribution >= 4 is 45.1 Å². The zero-order valence-electron chi connectivity index (χ0n) is 12.4. The minimum Gasteiger partial charge on any atom is -0.378 e. The molecule has 3 aromatic rings. The summed E-state index contributed by atoms with van der Waals surface area (Å²) in [6.07, 6.45) is 1.37. The molecule has 1 aliphatic rings. The van der Waals surface area contributed by atoms with Crippen LogP contribution in [0.1, 0.15) is 10.4 Å². The summed E-state index contributed by atoms with van der Waals surface area (Å²) in [5, 5.41) is 1.86. The predicted molar refractivity (Wildman–Crippen MR) is 94.4 cm³/mol. The van der Waals surface area contributed by atoms with E-state index in [9.17, 15) is 9.59 Å². The molecule has 0 saturated carbocycles. The highest BCUT2D eigenvalue weighted by molar-refractivity contribution is 7.20. The van der Waals surface area contributed by atoms with Crippen LogP contribution in [0.15, 0.2) is 28.5 Å². The average molecular weight is 382 g/mol. The molecule has 0 aliphatic carbocycles. The van der Waals surface area contributed by atoms with E-state index in [1.54, 1.807) is 11.0 Å². The molecule has 3 aromatic heterocycles. The Kier molecular flexibility index (Phi) is 4.13. The van der Waals surface area contributed by atoms with Gasteiger partial charge in [-0.1, -0.05) is 11.6 Å². The molecular weight excluding hydrogens is 370 g/mol. The Morgan fingerprint density at radius 3 is 2.79 bits per heavy atom.